The zero-order chi connectivity index (χ0) is 42.6. The van der Waals surface area contributed by atoms with Crippen LogP contribution in [0.25, 0.3) is 44.2 Å². The minimum atomic E-state index is -0.528. The Morgan fingerprint density at radius 1 is 0.371 bits per heavy atom. The summed E-state index contributed by atoms with van der Waals surface area (Å²) in [6.45, 7) is 14.0. The van der Waals surface area contributed by atoms with E-state index in [2.05, 4.69) is 259 Å². The minimum absolute atomic E-state index is 0.0809. The van der Waals surface area contributed by atoms with Crippen LogP contribution in [-0.4, -0.2) is 0 Å². The van der Waals surface area contributed by atoms with Crippen LogP contribution in [0.4, 0.5) is 17.1 Å². The lowest BCUT2D eigenvalue weighted by Crippen LogP contribution is -2.28. The van der Waals surface area contributed by atoms with E-state index in [1.807, 2.05) is 0 Å². The third-order valence-corrected chi connectivity index (χ3v) is 13.0. The summed E-state index contributed by atoms with van der Waals surface area (Å²) in [5.74, 6) is 0. The summed E-state index contributed by atoms with van der Waals surface area (Å²) in [6, 6.07) is 79.2. The largest absolute Gasteiger partial charge is 0.309 e. The van der Waals surface area contributed by atoms with Gasteiger partial charge in [-0.25, -0.2) is 0 Å². The number of hydrogen-bond acceptors (Lipinski definition) is 1. The van der Waals surface area contributed by atoms with E-state index >= 15 is 0 Å². The Labute approximate surface area is 368 Å². The smallest absolute Gasteiger partial charge is 0.0714 e. The second-order valence-electron chi connectivity index (χ2n) is 18.9. The number of fused-ring (bicyclic) bond motifs is 4. The Balaban J connectivity index is 1.34. The molecular weight excluding hydrogens is 747 g/mol. The summed E-state index contributed by atoms with van der Waals surface area (Å²) >= 11 is 0. The van der Waals surface area contributed by atoms with Crippen LogP contribution in [0.15, 0.2) is 212 Å². The maximum atomic E-state index is 2.59. The summed E-state index contributed by atoms with van der Waals surface area (Å²) in [5.41, 5.74) is 17.8. The molecule has 0 radical (unpaired) electrons. The molecule has 0 fully saturated rings. The predicted molar refractivity (Wildman–Crippen MR) is 264 cm³/mol. The molecule has 0 heterocycles. The second kappa shape index (κ2) is 15.2. The van der Waals surface area contributed by atoms with Crippen molar-refractivity contribution in [3.05, 3.63) is 246 Å². The van der Waals surface area contributed by atoms with Gasteiger partial charge < -0.3 is 4.90 Å². The zero-order valence-electron chi connectivity index (χ0n) is 36.7. The van der Waals surface area contributed by atoms with E-state index in [4.69, 9.17) is 0 Å². The highest BCUT2D eigenvalue weighted by molar-refractivity contribution is 6.09. The first-order valence-corrected chi connectivity index (χ1v) is 22.0. The number of anilines is 3. The van der Waals surface area contributed by atoms with Crippen LogP contribution in [0.5, 0.6) is 0 Å². The normalized spacial score (nSPS) is 13.1. The highest BCUT2D eigenvalue weighted by atomic mass is 15.1. The van der Waals surface area contributed by atoms with Gasteiger partial charge in [-0.2, -0.15) is 0 Å². The Morgan fingerprint density at radius 3 is 1.45 bits per heavy atom. The third kappa shape index (κ3) is 6.47. The van der Waals surface area contributed by atoms with Gasteiger partial charge in [-0.3, -0.25) is 0 Å². The van der Waals surface area contributed by atoms with E-state index in [0.29, 0.717) is 0 Å². The fraction of sp³-hybridized carbons (Fsp3) is 0.148. The molecular formula is C61H53N. The lowest BCUT2D eigenvalue weighted by molar-refractivity contribution is 0.569. The SMILES string of the molecule is CC(C)(C)c1cc(N(c2ccccc2-c2cccc3cccc(-c4ccccc4)c23)c2cccc3c2-c2ccccc2C3(c2ccccc2)c2ccccc2)cc(C(C)(C)C)c1. The molecule has 1 aliphatic carbocycles. The maximum Gasteiger partial charge on any atom is 0.0714 e. The summed E-state index contributed by atoms with van der Waals surface area (Å²) in [4.78, 5) is 2.59. The average Bonchev–Trinajstić information content (AvgIpc) is 3.61. The van der Waals surface area contributed by atoms with Crippen LogP contribution < -0.4 is 4.90 Å². The van der Waals surface area contributed by atoms with Crippen LogP contribution in [0.3, 0.4) is 0 Å². The number of rotatable bonds is 7. The molecule has 1 aliphatic rings. The first-order chi connectivity index (χ1) is 30.0. The molecule has 1 heteroatoms. The van der Waals surface area contributed by atoms with Crippen LogP contribution >= 0.6 is 0 Å². The molecule has 62 heavy (non-hydrogen) atoms. The van der Waals surface area contributed by atoms with E-state index < -0.39 is 5.41 Å². The van der Waals surface area contributed by atoms with Crippen molar-refractivity contribution >= 4 is 27.8 Å². The molecule has 0 saturated carbocycles. The van der Waals surface area contributed by atoms with E-state index in [1.54, 1.807) is 0 Å². The highest BCUT2D eigenvalue weighted by Crippen LogP contribution is 2.60. The molecule has 1 nitrogen and oxygen atoms in total. The van der Waals surface area contributed by atoms with Gasteiger partial charge in [0.05, 0.1) is 16.8 Å². The summed E-state index contributed by atoms with van der Waals surface area (Å²) in [6.07, 6.45) is 0. The Hall–Kier alpha value is -6.96. The lowest BCUT2D eigenvalue weighted by Gasteiger charge is -2.35. The Bertz CT molecular complexity index is 3000. The summed E-state index contributed by atoms with van der Waals surface area (Å²) < 4.78 is 0. The number of hydrogen-bond donors (Lipinski definition) is 0. The first-order valence-electron chi connectivity index (χ1n) is 22.0. The third-order valence-electron chi connectivity index (χ3n) is 13.0. The minimum Gasteiger partial charge on any atom is -0.309 e. The average molecular weight is 800 g/mol. The second-order valence-corrected chi connectivity index (χ2v) is 18.9. The molecule has 0 aliphatic heterocycles. The van der Waals surface area contributed by atoms with Crippen molar-refractivity contribution in [1.82, 2.24) is 0 Å². The fourth-order valence-electron chi connectivity index (χ4n) is 9.99. The maximum absolute atomic E-state index is 2.59. The zero-order valence-corrected chi connectivity index (χ0v) is 36.7. The Morgan fingerprint density at radius 2 is 0.839 bits per heavy atom. The molecule has 0 bridgehead atoms. The monoisotopic (exact) mass is 799 g/mol. The van der Waals surface area contributed by atoms with Gasteiger partial charge in [0.15, 0.2) is 0 Å². The standard InChI is InChI=1S/C61H53N/c1-59(2,3)46-39-47(60(4,5)6)41-48(40-46)62(55-37-19-17-31-50(55)51-34-21-26-43-25-20-33-49(57(43)51)42-23-10-7-11-24-42)56-38-22-36-54-58(56)52-32-16-18-35-53(52)61(54,44-27-12-8-13-28-44)45-29-14-9-15-30-45/h7-41H,1-6H3. The van der Waals surface area contributed by atoms with Crippen molar-refractivity contribution < 1.29 is 0 Å². The number of benzene rings is 9. The number of para-hydroxylation sites is 1. The Kier molecular flexibility index (Phi) is 9.60. The van der Waals surface area contributed by atoms with Crippen molar-refractivity contribution in [2.45, 2.75) is 57.8 Å². The van der Waals surface area contributed by atoms with Gasteiger partial charge in [0.25, 0.3) is 0 Å². The molecule has 9 aromatic rings. The van der Waals surface area contributed by atoms with Crippen molar-refractivity contribution in [3.63, 3.8) is 0 Å². The molecule has 10 rings (SSSR count). The topological polar surface area (TPSA) is 3.24 Å². The molecule has 0 aromatic heterocycles. The summed E-state index contributed by atoms with van der Waals surface area (Å²) in [5, 5.41) is 2.48. The van der Waals surface area contributed by atoms with Gasteiger partial charge in [0.1, 0.15) is 0 Å². The molecule has 0 spiro atoms. The first kappa shape index (κ1) is 39.2. The van der Waals surface area contributed by atoms with E-state index in [9.17, 15) is 0 Å². The lowest BCUT2D eigenvalue weighted by atomic mass is 9.68. The van der Waals surface area contributed by atoms with Crippen LogP contribution in [0.1, 0.15) is 74.9 Å². The van der Waals surface area contributed by atoms with Crippen LogP contribution in [0.2, 0.25) is 0 Å². The van der Waals surface area contributed by atoms with Gasteiger partial charge in [-0.15, -0.1) is 0 Å². The predicted octanol–water partition coefficient (Wildman–Crippen LogP) is 16.6. The van der Waals surface area contributed by atoms with E-state index in [0.717, 1.165) is 17.1 Å². The van der Waals surface area contributed by atoms with Crippen molar-refractivity contribution in [3.8, 4) is 33.4 Å². The molecule has 302 valence electrons. The molecule has 0 amide bonds. The van der Waals surface area contributed by atoms with Crippen molar-refractivity contribution in [1.29, 1.82) is 0 Å². The van der Waals surface area contributed by atoms with Gasteiger partial charge in [-0.1, -0.05) is 230 Å². The van der Waals surface area contributed by atoms with Gasteiger partial charge in [0, 0.05) is 16.8 Å². The van der Waals surface area contributed by atoms with E-state index in [-0.39, 0.29) is 10.8 Å². The van der Waals surface area contributed by atoms with Gasteiger partial charge in [-0.05, 0) is 102 Å². The van der Waals surface area contributed by atoms with E-state index in [1.165, 1.54) is 77.5 Å². The number of nitrogens with zero attached hydrogens (tertiary/aromatic N) is 1. The van der Waals surface area contributed by atoms with Crippen molar-refractivity contribution in [2.75, 3.05) is 4.90 Å². The van der Waals surface area contributed by atoms with Crippen LogP contribution in [-0.2, 0) is 16.2 Å². The molecule has 0 atom stereocenters. The van der Waals surface area contributed by atoms with Crippen molar-refractivity contribution in [2.24, 2.45) is 0 Å². The fourth-order valence-corrected chi connectivity index (χ4v) is 9.99. The molecule has 9 aromatic carbocycles. The molecule has 0 N–H and O–H groups in total. The van der Waals surface area contributed by atoms with Gasteiger partial charge in [0.2, 0.25) is 0 Å². The molecule has 0 saturated heterocycles. The highest BCUT2D eigenvalue weighted by Gasteiger charge is 2.47. The van der Waals surface area contributed by atoms with Crippen LogP contribution in [0, 0.1) is 0 Å². The van der Waals surface area contributed by atoms with Gasteiger partial charge >= 0.3 is 0 Å². The molecule has 0 unspecified atom stereocenters. The summed E-state index contributed by atoms with van der Waals surface area (Å²) in [7, 11) is 0. The quantitative estimate of drug-likeness (QED) is 0.155.